The highest BCUT2D eigenvalue weighted by atomic mass is 19.2. The van der Waals surface area contributed by atoms with E-state index in [1.165, 1.54) is 31.4 Å². The van der Waals surface area contributed by atoms with E-state index in [-0.39, 0.29) is 23.7 Å². The van der Waals surface area contributed by atoms with E-state index in [2.05, 4.69) is 6.92 Å². The van der Waals surface area contributed by atoms with E-state index in [1.807, 2.05) is 6.92 Å². The third kappa shape index (κ3) is 7.54. The Morgan fingerprint density at radius 1 is 0.947 bits per heavy atom. The first-order chi connectivity index (χ1) is 18.3. The zero-order valence-electron chi connectivity index (χ0n) is 22.9. The van der Waals surface area contributed by atoms with Crippen molar-refractivity contribution in [1.82, 2.24) is 0 Å². The standard InChI is InChI=1S/C32H43F3O3/c1-3-5-6-7-8-12-21-38-28-20-19-27(29(33)30(28)34)25-17-15-24(16-18-25)23(4-2)22-32(35,31(36)37)26-13-10-9-11-14-26/h15-20,23,26H,3-14,21-22H2,1-2H3,(H,36,37)/t23?,32-/m0/s1. The minimum atomic E-state index is -2.26. The lowest BCUT2D eigenvalue weighted by Gasteiger charge is -2.35. The third-order valence-electron chi connectivity index (χ3n) is 8.14. The maximum atomic E-state index is 15.9. The molecule has 6 heteroatoms. The highest BCUT2D eigenvalue weighted by Gasteiger charge is 2.48. The van der Waals surface area contributed by atoms with Crippen LogP contribution >= 0.6 is 0 Å². The van der Waals surface area contributed by atoms with Crippen LogP contribution in [0.15, 0.2) is 36.4 Å². The number of carboxylic acids is 1. The van der Waals surface area contributed by atoms with Gasteiger partial charge >= 0.3 is 5.97 Å². The fourth-order valence-electron chi connectivity index (χ4n) is 5.71. The highest BCUT2D eigenvalue weighted by molar-refractivity contribution is 5.78. The molecule has 1 aliphatic carbocycles. The molecule has 3 rings (SSSR count). The number of unbranched alkanes of at least 4 members (excludes halogenated alkanes) is 5. The largest absolute Gasteiger partial charge is 0.490 e. The number of aliphatic carboxylic acids is 1. The molecule has 2 aromatic rings. The summed E-state index contributed by atoms with van der Waals surface area (Å²) in [6.07, 6.45) is 10.9. The molecule has 0 bridgehead atoms. The van der Waals surface area contributed by atoms with Gasteiger partial charge in [0.2, 0.25) is 11.5 Å². The quantitative estimate of drug-likeness (QED) is 0.232. The second kappa shape index (κ2) is 14.6. The Morgan fingerprint density at radius 3 is 2.24 bits per heavy atom. The van der Waals surface area contributed by atoms with E-state index in [9.17, 15) is 18.7 Å². The van der Waals surface area contributed by atoms with Crippen molar-refractivity contribution in [2.24, 2.45) is 5.92 Å². The molecule has 210 valence electrons. The van der Waals surface area contributed by atoms with Crippen LogP contribution in [0, 0.1) is 17.6 Å². The maximum absolute atomic E-state index is 15.9. The van der Waals surface area contributed by atoms with Crippen LogP contribution in [0.2, 0.25) is 0 Å². The summed E-state index contributed by atoms with van der Waals surface area (Å²) in [6, 6.07) is 9.89. The second-order valence-electron chi connectivity index (χ2n) is 10.8. The van der Waals surface area contributed by atoms with Crippen molar-refractivity contribution in [2.75, 3.05) is 6.61 Å². The molecule has 1 N–H and O–H groups in total. The van der Waals surface area contributed by atoms with Gasteiger partial charge in [-0.2, -0.15) is 4.39 Å². The summed E-state index contributed by atoms with van der Waals surface area (Å²) in [4.78, 5) is 12.0. The van der Waals surface area contributed by atoms with E-state index < -0.39 is 29.2 Å². The molecule has 3 nitrogen and oxygen atoms in total. The molecule has 0 aromatic heterocycles. The van der Waals surface area contributed by atoms with Crippen LogP contribution in [-0.4, -0.2) is 23.4 Å². The first-order valence-corrected chi connectivity index (χ1v) is 14.4. The van der Waals surface area contributed by atoms with Crippen molar-refractivity contribution in [1.29, 1.82) is 0 Å². The van der Waals surface area contributed by atoms with Crippen LogP contribution in [0.4, 0.5) is 13.2 Å². The summed E-state index contributed by atoms with van der Waals surface area (Å²) in [6.45, 7) is 4.43. The molecular weight excluding hydrogens is 489 g/mol. The van der Waals surface area contributed by atoms with Crippen molar-refractivity contribution in [2.45, 2.75) is 109 Å². The van der Waals surface area contributed by atoms with Gasteiger partial charge in [-0.15, -0.1) is 0 Å². The van der Waals surface area contributed by atoms with Crippen LogP contribution in [0.1, 0.15) is 109 Å². The second-order valence-corrected chi connectivity index (χ2v) is 10.8. The molecule has 0 aliphatic heterocycles. The minimum Gasteiger partial charge on any atom is -0.490 e. The normalized spacial score (nSPS) is 16.7. The summed E-state index contributed by atoms with van der Waals surface area (Å²) in [5.41, 5.74) is -0.837. The molecule has 0 spiro atoms. The van der Waals surface area contributed by atoms with E-state index in [0.717, 1.165) is 44.1 Å². The summed E-state index contributed by atoms with van der Waals surface area (Å²) >= 11 is 0. The maximum Gasteiger partial charge on any atom is 0.341 e. The number of hydrogen-bond donors (Lipinski definition) is 1. The zero-order valence-corrected chi connectivity index (χ0v) is 22.9. The number of hydrogen-bond acceptors (Lipinski definition) is 2. The summed E-state index contributed by atoms with van der Waals surface area (Å²) in [5.74, 6) is -4.18. The molecule has 0 radical (unpaired) electrons. The van der Waals surface area contributed by atoms with Crippen LogP contribution in [0.3, 0.4) is 0 Å². The lowest BCUT2D eigenvalue weighted by atomic mass is 9.72. The van der Waals surface area contributed by atoms with Crippen LogP contribution in [0.5, 0.6) is 5.75 Å². The molecule has 1 saturated carbocycles. The molecule has 1 unspecified atom stereocenters. The van der Waals surface area contributed by atoms with E-state index in [4.69, 9.17) is 4.74 Å². The smallest absolute Gasteiger partial charge is 0.341 e. The predicted molar refractivity (Wildman–Crippen MR) is 146 cm³/mol. The average Bonchev–Trinajstić information content (AvgIpc) is 2.94. The first-order valence-electron chi connectivity index (χ1n) is 14.4. The van der Waals surface area contributed by atoms with Gasteiger partial charge < -0.3 is 9.84 Å². The number of carboxylic acid groups (broad SMARTS) is 1. The Hall–Kier alpha value is -2.50. The summed E-state index contributed by atoms with van der Waals surface area (Å²) < 4.78 is 51.0. The fraction of sp³-hybridized carbons (Fsp3) is 0.594. The Kier molecular flexibility index (Phi) is 11.5. The van der Waals surface area contributed by atoms with Gasteiger partial charge in [0.15, 0.2) is 11.6 Å². The van der Waals surface area contributed by atoms with Gasteiger partial charge in [-0.1, -0.05) is 89.5 Å². The number of benzene rings is 2. The zero-order chi connectivity index (χ0) is 27.5. The SMILES string of the molecule is CCCCCCCCOc1ccc(-c2ccc(C(CC)C[C@@](F)(C(=O)O)C3CCCCC3)cc2)c(F)c1F. The molecule has 38 heavy (non-hydrogen) atoms. The highest BCUT2D eigenvalue weighted by Crippen LogP contribution is 2.43. The molecule has 0 saturated heterocycles. The van der Waals surface area contributed by atoms with Crippen molar-refractivity contribution in [3.8, 4) is 16.9 Å². The number of ether oxygens (including phenoxy) is 1. The number of halogens is 3. The summed E-state index contributed by atoms with van der Waals surface area (Å²) in [5, 5.41) is 9.80. The van der Waals surface area contributed by atoms with E-state index >= 15 is 4.39 Å². The lowest BCUT2D eigenvalue weighted by Crippen LogP contribution is -2.43. The molecule has 1 fully saturated rings. The molecule has 2 atom stereocenters. The number of alkyl halides is 1. The Bertz CT molecular complexity index is 1020. The molecule has 0 amide bonds. The van der Waals surface area contributed by atoms with Crippen molar-refractivity contribution < 1.29 is 27.8 Å². The minimum absolute atomic E-state index is 0.0851. The van der Waals surface area contributed by atoms with Gasteiger partial charge in [-0.05, 0) is 61.3 Å². The lowest BCUT2D eigenvalue weighted by molar-refractivity contribution is -0.157. The Balaban J connectivity index is 1.67. The van der Waals surface area contributed by atoms with Gasteiger partial charge in [-0.25, -0.2) is 13.6 Å². The molecular formula is C32H43F3O3. The van der Waals surface area contributed by atoms with Gasteiger partial charge in [0.25, 0.3) is 0 Å². The van der Waals surface area contributed by atoms with Crippen LogP contribution in [-0.2, 0) is 4.79 Å². The van der Waals surface area contributed by atoms with Crippen molar-refractivity contribution in [3.63, 3.8) is 0 Å². The molecule has 0 heterocycles. The van der Waals surface area contributed by atoms with Gasteiger partial charge in [0.1, 0.15) is 0 Å². The van der Waals surface area contributed by atoms with Crippen molar-refractivity contribution >= 4 is 5.97 Å². The topological polar surface area (TPSA) is 46.5 Å². The fourth-order valence-corrected chi connectivity index (χ4v) is 5.71. The number of rotatable bonds is 15. The van der Waals surface area contributed by atoms with Crippen molar-refractivity contribution in [3.05, 3.63) is 53.6 Å². The Morgan fingerprint density at radius 2 is 1.61 bits per heavy atom. The van der Waals surface area contributed by atoms with E-state index in [0.29, 0.717) is 31.4 Å². The summed E-state index contributed by atoms with van der Waals surface area (Å²) in [7, 11) is 0. The number of carbonyl (C=O) groups is 1. The third-order valence-corrected chi connectivity index (χ3v) is 8.14. The van der Waals surface area contributed by atoms with E-state index in [1.54, 1.807) is 24.3 Å². The van der Waals surface area contributed by atoms with Crippen LogP contribution < -0.4 is 4.74 Å². The van der Waals surface area contributed by atoms with Gasteiger partial charge in [-0.3, -0.25) is 0 Å². The monoisotopic (exact) mass is 532 g/mol. The van der Waals surface area contributed by atoms with Crippen LogP contribution in [0.25, 0.3) is 11.1 Å². The Labute approximate surface area is 225 Å². The first kappa shape index (κ1) is 30.0. The van der Waals surface area contributed by atoms with Gasteiger partial charge in [0, 0.05) is 11.5 Å². The molecule has 1 aliphatic rings. The average molecular weight is 533 g/mol. The molecule has 2 aromatic carbocycles. The van der Waals surface area contributed by atoms with Gasteiger partial charge in [0.05, 0.1) is 6.61 Å². The predicted octanol–water partition coefficient (Wildman–Crippen LogP) is 9.63.